The second-order valence-electron chi connectivity index (χ2n) is 5.40. The summed E-state index contributed by atoms with van der Waals surface area (Å²) in [5, 5.41) is 12.5. The Morgan fingerprint density at radius 3 is 2.77 bits per heavy atom. The molecular formula is C14H16N8. The van der Waals surface area contributed by atoms with E-state index in [9.17, 15) is 0 Å². The van der Waals surface area contributed by atoms with Gasteiger partial charge in [-0.2, -0.15) is 14.6 Å². The Balaban J connectivity index is 1.76. The Hall–Kier alpha value is -2.64. The van der Waals surface area contributed by atoms with Crippen molar-refractivity contribution in [2.75, 3.05) is 18.0 Å². The minimum absolute atomic E-state index is 0.492. The smallest absolute Gasteiger partial charge is 0.271 e. The molecule has 3 aromatic rings. The number of piperidine rings is 1. The maximum Gasteiger partial charge on any atom is 0.271 e. The quantitative estimate of drug-likeness (QED) is 0.704. The van der Waals surface area contributed by atoms with Crippen LogP contribution in [0.25, 0.3) is 17.2 Å². The van der Waals surface area contributed by atoms with Gasteiger partial charge in [0.25, 0.3) is 5.78 Å². The maximum absolute atomic E-state index is 4.67. The Labute approximate surface area is 127 Å². The Bertz CT molecular complexity index is 805. The van der Waals surface area contributed by atoms with Crippen LogP contribution >= 0.6 is 0 Å². The van der Waals surface area contributed by atoms with Gasteiger partial charge in [0.05, 0.1) is 11.4 Å². The van der Waals surface area contributed by atoms with Gasteiger partial charge >= 0.3 is 0 Å². The number of rotatable bonds is 2. The van der Waals surface area contributed by atoms with Gasteiger partial charge in [0.1, 0.15) is 12.0 Å². The van der Waals surface area contributed by atoms with Gasteiger partial charge in [-0.25, -0.2) is 9.97 Å². The summed E-state index contributed by atoms with van der Waals surface area (Å²) in [5.74, 6) is 1.25. The molecule has 1 aliphatic heterocycles. The first-order valence-corrected chi connectivity index (χ1v) is 7.44. The fourth-order valence-electron chi connectivity index (χ4n) is 2.77. The molecule has 8 nitrogen and oxygen atoms in total. The van der Waals surface area contributed by atoms with E-state index in [0.29, 0.717) is 11.5 Å². The zero-order valence-electron chi connectivity index (χ0n) is 12.3. The molecular weight excluding hydrogens is 280 g/mol. The third-order valence-corrected chi connectivity index (χ3v) is 3.95. The van der Waals surface area contributed by atoms with E-state index in [1.54, 1.807) is 10.7 Å². The molecule has 0 aromatic carbocycles. The molecule has 1 fully saturated rings. The van der Waals surface area contributed by atoms with Gasteiger partial charge in [-0.1, -0.05) is 0 Å². The maximum atomic E-state index is 4.67. The molecule has 0 atom stereocenters. The van der Waals surface area contributed by atoms with Crippen LogP contribution in [0.4, 0.5) is 5.95 Å². The summed E-state index contributed by atoms with van der Waals surface area (Å²) < 4.78 is 1.67. The Morgan fingerprint density at radius 1 is 1.05 bits per heavy atom. The predicted molar refractivity (Wildman–Crippen MR) is 80.4 cm³/mol. The molecule has 0 N–H and O–H groups in total. The van der Waals surface area contributed by atoms with E-state index in [4.69, 9.17) is 0 Å². The molecule has 0 radical (unpaired) electrons. The molecule has 4 rings (SSSR count). The standard InChI is InChI=1S/C14H16N8/c1-10-12(19-20-14-16-9-17-22(10)14)11-5-6-15-13(18-11)21-7-3-2-4-8-21/h5-6,9H,2-4,7-8H2,1H3. The van der Waals surface area contributed by atoms with Crippen LogP contribution in [0.3, 0.4) is 0 Å². The van der Waals surface area contributed by atoms with E-state index < -0.39 is 0 Å². The molecule has 0 aliphatic carbocycles. The zero-order chi connectivity index (χ0) is 14.9. The minimum atomic E-state index is 0.492. The highest BCUT2D eigenvalue weighted by Crippen LogP contribution is 2.21. The van der Waals surface area contributed by atoms with Gasteiger partial charge in [-0.05, 0) is 32.3 Å². The van der Waals surface area contributed by atoms with Crippen molar-refractivity contribution in [3.63, 3.8) is 0 Å². The van der Waals surface area contributed by atoms with Crippen molar-refractivity contribution >= 4 is 11.7 Å². The molecule has 0 saturated carbocycles. The van der Waals surface area contributed by atoms with Crippen LogP contribution in [0.2, 0.25) is 0 Å². The zero-order valence-corrected chi connectivity index (χ0v) is 12.3. The number of aromatic nitrogens is 7. The van der Waals surface area contributed by atoms with E-state index in [1.807, 2.05) is 13.0 Å². The fraction of sp³-hybridized carbons (Fsp3) is 0.429. The van der Waals surface area contributed by atoms with Crippen LogP contribution in [0.15, 0.2) is 18.6 Å². The summed E-state index contributed by atoms with van der Waals surface area (Å²) in [6, 6.07) is 1.85. The van der Waals surface area contributed by atoms with E-state index in [2.05, 4.69) is 35.1 Å². The molecule has 22 heavy (non-hydrogen) atoms. The largest absolute Gasteiger partial charge is 0.341 e. The van der Waals surface area contributed by atoms with Gasteiger partial charge in [0, 0.05) is 19.3 Å². The Morgan fingerprint density at radius 2 is 1.91 bits per heavy atom. The summed E-state index contributed by atoms with van der Waals surface area (Å²) in [6.45, 7) is 3.96. The topological polar surface area (TPSA) is 85.0 Å². The minimum Gasteiger partial charge on any atom is -0.341 e. The average Bonchev–Trinajstić information content (AvgIpc) is 3.06. The van der Waals surface area contributed by atoms with Crippen molar-refractivity contribution in [1.82, 2.24) is 34.8 Å². The van der Waals surface area contributed by atoms with E-state index in [1.165, 1.54) is 25.6 Å². The van der Waals surface area contributed by atoms with Crippen LogP contribution in [-0.2, 0) is 0 Å². The predicted octanol–water partition coefficient (Wildman–Crippen LogP) is 1.28. The number of nitrogens with zero attached hydrogens (tertiary/aromatic N) is 8. The third kappa shape index (κ3) is 2.16. The summed E-state index contributed by atoms with van der Waals surface area (Å²) in [6.07, 6.45) is 6.91. The van der Waals surface area contributed by atoms with Crippen LogP contribution in [0, 0.1) is 6.92 Å². The third-order valence-electron chi connectivity index (χ3n) is 3.95. The van der Waals surface area contributed by atoms with Crippen molar-refractivity contribution in [3.8, 4) is 11.4 Å². The number of aryl methyl sites for hydroxylation is 1. The van der Waals surface area contributed by atoms with Crippen molar-refractivity contribution in [2.24, 2.45) is 0 Å². The first kappa shape index (κ1) is 13.1. The lowest BCUT2D eigenvalue weighted by Gasteiger charge is -2.26. The summed E-state index contributed by atoms with van der Waals surface area (Å²) in [4.78, 5) is 15.3. The monoisotopic (exact) mass is 296 g/mol. The van der Waals surface area contributed by atoms with Crippen molar-refractivity contribution in [3.05, 3.63) is 24.3 Å². The highest BCUT2D eigenvalue weighted by Gasteiger charge is 2.16. The van der Waals surface area contributed by atoms with Crippen molar-refractivity contribution in [2.45, 2.75) is 26.2 Å². The molecule has 3 aromatic heterocycles. The van der Waals surface area contributed by atoms with Gasteiger partial charge in [0.2, 0.25) is 5.95 Å². The van der Waals surface area contributed by atoms with Crippen LogP contribution in [0.5, 0.6) is 0 Å². The van der Waals surface area contributed by atoms with Gasteiger partial charge in [0.15, 0.2) is 0 Å². The summed E-state index contributed by atoms with van der Waals surface area (Å²) in [7, 11) is 0. The number of fused-ring (bicyclic) bond motifs is 1. The second kappa shape index (κ2) is 5.28. The Kier molecular flexibility index (Phi) is 3.14. The lowest BCUT2D eigenvalue weighted by Crippen LogP contribution is -2.31. The molecule has 0 bridgehead atoms. The molecule has 0 unspecified atom stereocenters. The van der Waals surface area contributed by atoms with Crippen molar-refractivity contribution in [1.29, 1.82) is 0 Å². The van der Waals surface area contributed by atoms with Gasteiger partial charge < -0.3 is 4.90 Å². The van der Waals surface area contributed by atoms with Crippen molar-refractivity contribution < 1.29 is 0 Å². The lowest BCUT2D eigenvalue weighted by atomic mass is 10.1. The van der Waals surface area contributed by atoms with Crippen LogP contribution < -0.4 is 4.90 Å². The molecule has 1 aliphatic rings. The number of hydrogen-bond donors (Lipinski definition) is 0. The highest BCUT2D eigenvalue weighted by molar-refractivity contribution is 5.58. The molecule has 112 valence electrons. The lowest BCUT2D eigenvalue weighted by molar-refractivity contribution is 0.568. The fourth-order valence-corrected chi connectivity index (χ4v) is 2.77. The van der Waals surface area contributed by atoms with E-state index >= 15 is 0 Å². The van der Waals surface area contributed by atoms with Crippen LogP contribution in [0.1, 0.15) is 25.0 Å². The summed E-state index contributed by atoms with van der Waals surface area (Å²) in [5.41, 5.74) is 2.34. The number of hydrogen-bond acceptors (Lipinski definition) is 7. The van der Waals surface area contributed by atoms with E-state index in [-0.39, 0.29) is 0 Å². The first-order chi connectivity index (χ1) is 10.8. The van der Waals surface area contributed by atoms with Gasteiger partial charge in [-0.3, -0.25) is 0 Å². The first-order valence-electron chi connectivity index (χ1n) is 7.44. The van der Waals surface area contributed by atoms with Crippen LogP contribution in [-0.4, -0.2) is 47.9 Å². The molecule has 4 heterocycles. The molecule has 0 spiro atoms. The average molecular weight is 296 g/mol. The van der Waals surface area contributed by atoms with E-state index in [0.717, 1.165) is 30.4 Å². The highest BCUT2D eigenvalue weighted by atomic mass is 15.4. The van der Waals surface area contributed by atoms with Gasteiger partial charge in [-0.15, -0.1) is 10.2 Å². The molecule has 8 heteroatoms. The second-order valence-corrected chi connectivity index (χ2v) is 5.40. The molecule has 1 saturated heterocycles. The molecule has 0 amide bonds. The SMILES string of the molecule is Cc1c(-c2ccnc(N3CCCCC3)n2)nnc2ncnn12. The normalized spacial score (nSPS) is 15.4. The summed E-state index contributed by atoms with van der Waals surface area (Å²) >= 11 is 0. The number of anilines is 1.